The summed E-state index contributed by atoms with van der Waals surface area (Å²) in [5.74, 6) is 1.43. The molecule has 0 saturated heterocycles. The fraction of sp³-hybridized carbons (Fsp3) is 0.727. The molecule has 127 valence electrons. The van der Waals surface area contributed by atoms with Crippen LogP contribution >= 0.6 is 0 Å². The molecule has 1 nitrogen and oxygen atoms in total. The Morgan fingerprint density at radius 2 is 1.13 bits per heavy atom. The number of hydrogen-bond acceptors (Lipinski definition) is 0. The van der Waals surface area contributed by atoms with Gasteiger partial charge in [0.2, 0.25) is 0 Å². The van der Waals surface area contributed by atoms with Crippen LogP contribution < -0.4 is 0 Å². The van der Waals surface area contributed by atoms with Crippen LogP contribution in [0.5, 0.6) is 5.75 Å². The predicted molar refractivity (Wildman–Crippen MR) is 96.9 cm³/mol. The highest BCUT2D eigenvalue weighted by molar-refractivity contribution is 5.49. The van der Waals surface area contributed by atoms with Crippen molar-refractivity contribution >= 4 is 0 Å². The highest BCUT2D eigenvalue weighted by atomic mass is 16.3. The Balaban J connectivity index is 2.02. The topological polar surface area (TPSA) is 19.9 Å². The van der Waals surface area contributed by atoms with Gasteiger partial charge in [-0.1, -0.05) is 71.4 Å². The van der Waals surface area contributed by atoms with E-state index in [0.717, 1.165) is 11.1 Å². The van der Waals surface area contributed by atoms with Gasteiger partial charge in [-0.2, -0.15) is 0 Å². The Bertz CT molecular complexity index is 486. The van der Waals surface area contributed by atoms with Crippen molar-refractivity contribution < 1.29 is 5.11 Å². The third-order valence-electron chi connectivity index (χ3n) is 6.10. The molecule has 2 aliphatic rings. The number of hydrogen-bond donors (Lipinski definition) is 0. The second kappa shape index (κ2) is 6.87. The van der Waals surface area contributed by atoms with Crippen LogP contribution in [-0.2, 0) is 10.5 Å². The van der Waals surface area contributed by atoms with Gasteiger partial charge in [-0.25, -0.2) is 0 Å². The van der Waals surface area contributed by atoms with Crippen LogP contribution in [-0.4, -0.2) is 0 Å². The second-order valence-corrected chi connectivity index (χ2v) is 8.90. The molecule has 1 radical (unpaired) electrons. The highest BCUT2D eigenvalue weighted by Crippen LogP contribution is 2.46. The van der Waals surface area contributed by atoms with Crippen LogP contribution in [0.2, 0.25) is 0 Å². The van der Waals surface area contributed by atoms with Gasteiger partial charge >= 0.3 is 0 Å². The zero-order chi connectivity index (χ0) is 16.4. The van der Waals surface area contributed by atoms with Gasteiger partial charge in [0, 0.05) is 11.1 Å². The molecule has 3 rings (SSSR count). The van der Waals surface area contributed by atoms with Crippen LogP contribution in [0.3, 0.4) is 0 Å². The van der Waals surface area contributed by atoms with Crippen LogP contribution in [0.15, 0.2) is 12.1 Å². The lowest BCUT2D eigenvalue weighted by Crippen LogP contribution is -2.15. The van der Waals surface area contributed by atoms with Crippen molar-refractivity contribution in [1.82, 2.24) is 0 Å². The molecule has 23 heavy (non-hydrogen) atoms. The van der Waals surface area contributed by atoms with Crippen molar-refractivity contribution in [2.45, 2.75) is 102 Å². The first kappa shape index (κ1) is 16.9. The predicted octanol–water partition coefficient (Wildman–Crippen LogP) is 7.22. The van der Waals surface area contributed by atoms with E-state index in [1.54, 1.807) is 0 Å². The summed E-state index contributed by atoms with van der Waals surface area (Å²) < 4.78 is 0. The molecule has 1 heteroatoms. The molecule has 0 bridgehead atoms. The Hall–Kier alpha value is -0.980. The fourth-order valence-corrected chi connectivity index (χ4v) is 4.54. The van der Waals surface area contributed by atoms with Crippen molar-refractivity contribution in [1.29, 1.82) is 0 Å². The summed E-state index contributed by atoms with van der Waals surface area (Å²) in [6, 6.07) is 4.54. The van der Waals surface area contributed by atoms with Crippen LogP contribution in [0, 0.1) is 0 Å². The minimum absolute atomic E-state index is 0.126. The lowest BCUT2D eigenvalue weighted by atomic mass is 9.75. The van der Waals surface area contributed by atoms with E-state index < -0.39 is 0 Å². The summed E-state index contributed by atoms with van der Waals surface area (Å²) in [6.45, 7) is 6.84. The van der Waals surface area contributed by atoms with Gasteiger partial charge in [-0.15, -0.1) is 0 Å². The molecule has 0 unspecified atom stereocenters. The summed E-state index contributed by atoms with van der Waals surface area (Å²) in [5, 5.41) is 13.2. The minimum atomic E-state index is 0.126. The molecule has 2 aliphatic carbocycles. The van der Waals surface area contributed by atoms with Crippen molar-refractivity contribution in [2.75, 3.05) is 0 Å². The lowest BCUT2D eigenvalue weighted by Gasteiger charge is -2.30. The van der Waals surface area contributed by atoms with E-state index in [0.29, 0.717) is 17.6 Å². The second-order valence-electron chi connectivity index (χ2n) is 8.90. The van der Waals surface area contributed by atoms with E-state index in [9.17, 15) is 5.11 Å². The molecule has 1 aromatic carbocycles. The van der Waals surface area contributed by atoms with Gasteiger partial charge in [-0.3, -0.25) is 5.11 Å². The summed E-state index contributed by atoms with van der Waals surface area (Å²) in [6.07, 6.45) is 12.7. The molecule has 0 aliphatic heterocycles. The SMILES string of the molecule is CC(C)(C)c1cc(C2CCCCC2)c([O])c(C2CCCCC2)c1. The minimum Gasteiger partial charge on any atom is -0.289 e. The number of benzene rings is 1. The lowest BCUT2D eigenvalue weighted by molar-refractivity contribution is 0.322. The summed E-state index contributed by atoms with van der Waals surface area (Å²) >= 11 is 0. The fourth-order valence-electron chi connectivity index (χ4n) is 4.54. The average molecular weight is 314 g/mol. The maximum Gasteiger partial charge on any atom is 0.185 e. The summed E-state index contributed by atoms with van der Waals surface area (Å²) in [5.41, 5.74) is 3.80. The van der Waals surface area contributed by atoms with Gasteiger partial charge in [0.15, 0.2) is 5.75 Å². The zero-order valence-electron chi connectivity index (χ0n) is 15.3. The first-order valence-corrected chi connectivity index (χ1v) is 9.82. The molecule has 2 saturated carbocycles. The van der Waals surface area contributed by atoms with Gasteiger partial charge in [0.1, 0.15) is 0 Å². The molecule has 2 fully saturated rings. The maximum atomic E-state index is 13.2. The monoisotopic (exact) mass is 313 g/mol. The maximum absolute atomic E-state index is 13.2. The smallest absolute Gasteiger partial charge is 0.185 e. The first-order chi connectivity index (χ1) is 11.0. The zero-order valence-corrected chi connectivity index (χ0v) is 15.3. The summed E-state index contributed by atoms with van der Waals surface area (Å²) in [7, 11) is 0. The van der Waals surface area contributed by atoms with E-state index in [4.69, 9.17) is 0 Å². The molecule has 0 N–H and O–H groups in total. The Kier molecular flexibility index (Phi) is 5.04. The van der Waals surface area contributed by atoms with Crippen LogP contribution in [0.25, 0.3) is 0 Å². The van der Waals surface area contributed by atoms with Crippen molar-refractivity contribution in [3.63, 3.8) is 0 Å². The largest absolute Gasteiger partial charge is 0.289 e. The third-order valence-corrected chi connectivity index (χ3v) is 6.10. The molecule has 0 spiro atoms. The third kappa shape index (κ3) is 3.75. The van der Waals surface area contributed by atoms with Gasteiger partial charge in [0.25, 0.3) is 0 Å². The molecule has 0 heterocycles. The van der Waals surface area contributed by atoms with E-state index >= 15 is 0 Å². The quantitative estimate of drug-likeness (QED) is 0.549. The van der Waals surface area contributed by atoms with E-state index in [1.807, 2.05) is 0 Å². The highest BCUT2D eigenvalue weighted by Gasteiger charge is 2.28. The van der Waals surface area contributed by atoms with Crippen molar-refractivity contribution in [3.05, 3.63) is 28.8 Å². The van der Waals surface area contributed by atoms with Gasteiger partial charge < -0.3 is 0 Å². The van der Waals surface area contributed by atoms with Gasteiger partial charge in [0.05, 0.1) is 0 Å². The van der Waals surface area contributed by atoms with Crippen molar-refractivity contribution in [2.24, 2.45) is 0 Å². The normalized spacial score (nSPS) is 21.5. The van der Waals surface area contributed by atoms with Crippen LogP contribution in [0.1, 0.15) is 114 Å². The molecular formula is C22H33O. The number of rotatable bonds is 2. The van der Waals surface area contributed by atoms with Crippen LogP contribution in [0.4, 0.5) is 0 Å². The molecule has 0 aromatic heterocycles. The average Bonchev–Trinajstić information content (AvgIpc) is 2.55. The van der Waals surface area contributed by atoms with Gasteiger partial charge in [-0.05, 0) is 48.5 Å². The molecule has 1 aromatic rings. The Morgan fingerprint density at radius 1 is 0.739 bits per heavy atom. The molecule has 0 amide bonds. The van der Waals surface area contributed by atoms with Crippen molar-refractivity contribution in [3.8, 4) is 5.75 Å². The molecular weight excluding hydrogens is 280 g/mol. The van der Waals surface area contributed by atoms with E-state index in [1.165, 1.54) is 69.8 Å². The Morgan fingerprint density at radius 3 is 1.48 bits per heavy atom. The Labute approximate surface area is 142 Å². The summed E-state index contributed by atoms with van der Waals surface area (Å²) in [4.78, 5) is 0. The molecule has 0 atom stereocenters. The van der Waals surface area contributed by atoms with E-state index in [-0.39, 0.29) is 5.41 Å². The first-order valence-electron chi connectivity index (χ1n) is 9.82. The standard InChI is InChI=1S/C22H33O/c1-22(2,3)18-14-19(16-10-6-4-7-11-16)21(23)20(15-18)17-12-8-5-9-13-17/h14-17H,4-13H2,1-3H3. The van der Waals surface area contributed by atoms with E-state index in [2.05, 4.69) is 32.9 Å².